The van der Waals surface area contributed by atoms with E-state index < -0.39 is 10.0 Å². The molecule has 2 heterocycles. The van der Waals surface area contributed by atoms with Crippen LogP contribution in [0.4, 0.5) is 0 Å². The molecule has 1 aromatic carbocycles. The summed E-state index contributed by atoms with van der Waals surface area (Å²) in [5, 5.41) is 6.73. The van der Waals surface area contributed by atoms with Crippen molar-refractivity contribution in [1.29, 1.82) is 0 Å². The summed E-state index contributed by atoms with van der Waals surface area (Å²) in [6, 6.07) is 9.34. The molecule has 3 rings (SSSR count). The van der Waals surface area contributed by atoms with Crippen LogP contribution in [0.5, 0.6) is 0 Å². The third-order valence-corrected chi connectivity index (χ3v) is 5.53. The van der Waals surface area contributed by atoms with E-state index in [0.717, 1.165) is 23.3 Å². The van der Waals surface area contributed by atoms with Crippen LogP contribution in [0.1, 0.15) is 20.8 Å². The fraction of sp³-hybridized carbons (Fsp3) is 0.214. The molecule has 0 spiro atoms. The van der Waals surface area contributed by atoms with Crippen molar-refractivity contribution >= 4 is 27.3 Å². The van der Waals surface area contributed by atoms with Gasteiger partial charge in [-0.05, 0) is 29.0 Å². The zero-order chi connectivity index (χ0) is 15.0. The molecule has 0 radical (unpaired) electrons. The van der Waals surface area contributed by atoms with Crippen molar-refractivity contribution in [2.24, 2.45) is 5.14 Å². The first-order chi connectivity index (χ1) is 9.97. The van der Waals surface area contributed by atoms with Gasteiger partial charge < -0.3 is 4.90 Å². The molecule has 2 aromatic rings. The second-order valence-corrected chi connectivity index (χ2v) is 7.35. The lowest BCUT2D eigenvalue weighted by Crippen LogP contribution is -2.36. The summed E-state index contributed by atoms with van der Waals surface area (Å²) in [5.41, 5.74) is 2.34. The average Bonchev–Trinajstić information content (AvgIpc) is 2.95. The van der Waals surface area contributed by atoms with Gasteiger partial charge in [-0.25, -0.2) is 13.6 Å². The molecule has 1 aromatic heterocycles. The van der Waals surface area contributed by atoms with Gasteiger partial charge in [0.2, 0.25) is 10.0 Å². The monoisotopic (exact) mass is 322 g/mol. The maximum atomic E-state index is 12.6. The molecule has 0 saturated carbocycles. The number of hydrogen-bond donors (Lipinski definition) is 1. The molecule has 0 unspecified atom stereocenters. The van der Waals surface area contributed by atoms with Crippen LogP contribution >= 0.6 is 11.3 Å². The van der Waals surface area contributed by atoms with E-state index in [1.807, 2.05) is 18.2 Å². The predicted octanol–water partition coefficient (Wildman–Crippen LogP) is 1.59. The smallest absolute Gasteiger partial charge is 0.265 e. The van der Waals surface area contributed by atoms with E-state index in [9.17, 15) is 13.2 Å². The average molecular weight is 322 g/mol. The zero-order valence-corrected chi connectivity index (χ0v) is 12.8. The first-order valence-corrected chi connectivity index (χ1v) is 8.86. The predicted molar refractivity (Wildman–Crippen MR) is 80.6 cm³/mol. The van der Waals surface area contributed by atoms with Crippen LogP contribution in [-0.2, 0) is 23.0 Å². The zero-order valence-electron chi connectivity index (χ0n) is 11.2. The van der Waals surface area contributed by atoms with Gasteiger partial charge in [0, 0.05) is 13.1 Å². The van der Waals surface area contributed by atoms with Gasteiger partial charge in [0.1, 0.15) is 9.77 Å². The molecule has 1 amide bonds. The normalized spacial score (nSPS) is 14.8. The first kappa shape index (κ1) is 14.2. The van der Waals surface area contributed by atoms with Crippen molar-refractivity contribution < 1.29 is 13.2 Å². The Labute approximate surface area is 127 Å². The fourth-order valence-corrected chi connectivity index (χ4v) is 4.43. The van der Waals surface area contributed by atoms with E-state index in [1.54, 1.807) is 10.3 Å². The molecule has 0 aliphatic carbocycles. The molecular weight excluding hydrogens is 308 g/mol. The molecule has 0 bridgehead atoms. The minimum atomic E-state index is -3.87. The van der Waals surface area contributed by atoms with Gasteiger partial charge in [-0.2, -0.15) is 0 Å². The second-order valence-electron chi connectivity index (χ2n) is 4.90. The van der Waals surface area contributed by atoms with Crippen molar-refractivity contribution in [2.75, 3.05) is 6.54 Å². The maximum Gasteiger partial charge on any atom is 0.265 e. The number of sulfonamides is 1. The van der Waals surface area contributed by atoms with Crippen LogP contribution < -0.4 is 5.14 Å². The third-order valence-electron chi connectivity index (χ3n) is 3.55. The first-order valence-electron chi connectivity index (χ1n) is 6.43. The van der Waals surface area contributed by atoms with E-state index >= 15 is 0 Å². The Balaban J connectivity index is 1.90. The topological polar surface area (TPSA) is 80.5 Å². The summed E-state index contributed by atoms with van der Waals surface area (Å²) in [6.07, 6.45) is 0.776. The van der Waals surface area contributed by atoms with Gasteiger partial charge >= 0.3 is 0 Å². The van der Waals surface area contributed by atoms with E-state index in [0.29, 0.717) is 13.1 Å². The Bertz CT molecular complexity index is 796. The lowest BCUT2D eigenvalue weighted by molar-refractivity contribution is 0.0736. The number of benzene rings is 1. The highest BCUT2D eigenvalue weighted by Crippen LogP contribution is 2.26. The molecule has 1 aliphatic heterocycles. The van der Waals surface area contributed by atoms with Crippen molar-refractivity contribution in [3.05, 3.63) is 51.7 Å². The molecule has 110 valence electrons. The number of nitrogens with zero attached hydrogens (tertiary/aromatic N) is 1. The van der Waals surface area contributed by atoms with Crippen molar-refractivity contribution in [2.45, 2.75) is 17.9 Å². The highest BCUT2D eigenvalue weighted by atomic mass is 32.2. The molecule has 7 heteroatoms. The number of carbonyl (C=O) groups is 1. The molecule has 1 aliphatic rings. The minimum absolute atomic E-state index is 0.0867. The highest BCUT2D eigenvalue weighted by Gasteiger charge is 2.27. The lowest BCUT2D eigenvalue weighted by atomic mass is 10.00. The Hall–Kier alpha value is -1.70. The van der Waals surface area contributed by atoms with E-state index in [1.165, 1.54) is 11.6 Å². The van der Waals surface area contributed by atoms with E-state index in [4.69, 9.17) is 5.14 Å². The summed E-state index contributed by atoms with van der Waals surface area (Å²) in [6.45, 7) is 1.08. The van der Waals surface area contributed by atoms with Gasteiger partial charge in [-0.3, -0.25) is 4.79 Å². The Morgan fingerprint density at radius 3 is 2.62 bits per heavy atom. The van der Waals surface area contributed by atoms with Crippen molar-refractivity contribution in [3.8, 4) is 0 Å². The molecule has 0 saturated heterocycles. The van der Waals surface area contributed by atoms with Crippen LogP contribution in [0.15, 0.2) is 40.6 Å². The number of fused-ring (bicyclic) bond motifs is 1. The molecular formula is C14H14N2O3S2. The van der Waals surface area contributed by atoms with Gasteiger partial charge in [-0.1, -0.05) is 24.3 Å². The van der Waals surface area contributed by atoms with Crippen LogP contribution in [0.25, 0.3) is 0 Å². The maximum absolute atomic E-state index is 12.6. The summed E-state index contributed by atoms with van der Waals surface area (Å²) in [7, 11) is -3.87. The number of hydrogen-bond acceptors (Lipinski definition) is 4. The molecule has 21 heavy (non-hydrogen) atoms. The summed E-state index contributed by atoms with van der Waals surface area (Å²) in [4.78, 5) is 14.3. The van der Waals surface area contributed by atoms with Crippen LogP contribution in [0, 0.1) is 0 Å². The van der Waals surface area contributed by atoms with E-state index in [-0.39, 0.29) is 15.7 Å². The molecule has 0 atom stereocenters. The van der Waals surface area contributed by atoms with Crippen molar-refractivity contribution in [3.63, 3.8) is 0 Å². The quantitative estimate of drug-likeness (QED) is 0.912. The standard InChI is InChI=1S/C14H14N2O3S2/c15-21(18,19)12-6-8-20-13(12)14(17)16-7-5-10-3-1-2-4-11(10)9-16/h1-4,6,8H,5,7,9H2,(H2,15,18,19). The number of rotatable bonds is 2. The summed E-state index contributed by atoms with van der Waals surface area (Å²) < 4.78 is 23.0. The second kappa shape index (κ2) is 5.25. The van der Waals surface area contributed by atoms with Crippen LogP contribution in [0.2, 0.25) is 0 Å². The van der Waals surface area contributed by atoms with Gasteiger partial charge in [0.15, 0.2) is 0 Å². The summed E-state index contributed by atoms with van der Waals surface area (Å²) >= 11 is 1.11. The number of thiophene rings is 1. The van der Waals surface area contributed by atoms with Crippen molar-refractivity contribution in [1.82, 2.24) is 4.90 Å². The van der Waals surface area contributed by atoms with E-state index in [2.05, 4.69) is 6.07 Å². The van der Waals surface area contributed by atoms with Gasteiger partial charge in [0.05, 0.1) is 0 Å². The van der Waals surface area contributed by atoms with Gasteiger partial charge in [0.25, 0.3) is 5.91 Å². The molecule has 5 nitrogen and oxygen atoms in total. The Morgan fingerprint density at radius 1 is 1.19 bits per heavy atom. The third kappa shape index (κ3) is 2.72. The highest BCUT2D eigenvalue weighted by molar-refractivity contribution is 7.89. The lowest BCUT2D eigenvalue weighted by Gasteiger charge is -2.28. The van der Waals surface area contributed by atoms with Gasteiger partial charge in [-0.15, -0.1) is 11.3 Å². The Kier molecular flexibility index (Phi) is 3.56. The number of carbonyl (C=O) groups excluding carboxylic acids is 1. The number of amides is 1. The fourth-order valence-electron chi connectivity index (χ4n) is 2.49. The van der Waals surface area contributed by atoms with Crippen LogP contribution in [-0.4, -0.2) is 25.8 Å². The Morgan fingerprint density at radius 2 is 1.90 bits per heavy atom. The van der Waals surface area contributed by atoms with Crippen LogP contribution in [0.3, 0.4) is 0 Å². The minimum Gasteiger partial charge on any atom is -0.333 e. The molecule has 0 fully saturated rings. The largest absolute Gasteiger partial charge is 0.333 e. The SMILES string of the molecule is NS(=O)(=O)c1ccsc1C(=O)N1CCc2ccccc2C1. The summed E-state index contributed by atoms with van der Waals surface area (Å²) in [5.74, 6) is -0.275. The number of primary sulfonamides is 1. The molecule has 2 N–H and O–H groups in total. The number of nitrogens with two attached hydrogens (primary N) is 1.